The molecule has 1 aromatic carbocycles. The number of benzene rings is 1. The number of aryl methyl sites for hydroxylation is 1. The summed E-state index contributed by atoms with van der Waals surface area (Å²) in [5.41, 5.74) is 3.65. The molecule has 0 radical (unpaired) electrons. The topological polar surface area (TPSA) is 28.7 Å². The summed E-state index contributed by atoms with van der Waals surface area (Å²) in [5.74, 6) is 0. The van der Waals surface area contributed by atoms with Crippen LogP contribution in [0.25, 0.3) is 11.3 Å². The highest BCUT2D eigenvalue weighted by Gasteiger charge is 2.06. The molecule has 0 aliphatic heterocycles. The predicted molar refractivity (Wildman–Crippen MR) is 66.1 cm³/mol. The number of nitrogens with zero attached hydrogens (tertiary/aromatic N) is 1. The Bertz CT molecular complexity index is 409. The van der Waals surface area contributed by atoms with Crippen molar-refractivity contribution in [2.75, 3.05) is 5.33 Å². The summed E-state index contributed by atoms with van der Waals surface area (Å²) in [4.78, 5) is 0. The second-order valence-corrected chi connectivity index (χ2v) is 4.22. The van der Waals surface area contributed by atoms with Gasteiger partial charge in [0, 0.05) is 5.33 Å². The fraction of sp³-hybridized carbons (Fsp3) is 0.250. The molecule has 0 saturated heterocycles. The zero-order valence-corrected chi connectivity index (χ0v) is 10.00. The first kappa shape index (κ1) is 10.4. The van der Waals surface area contributed by atoms with Crippen molar-refractivity contribution in [3.8, 4) is 11.3 Å². The Morgan fingerprint density at radius 1 is 1.20 bits per heavy atom. The number of H-pyrrole nitrogens is 1. The van der Waals surface area contributed by atoms with E-state index in [1.807, 2.05) is 24.4 Å². The second-order valence-electron chi connectivity index (χ2n) is 3.43. The van der Waals surface area contributed by atoms with Crippen molar-refractivity contribution in [3.05, 3.63) is 42.1 Å². The van der Waals surface area contributed by atoms with E-state index in [1.165, 1.54) is 11.1 Å². The van der Waals surface area contributed by atoms with Gasteiger partial charge in [-0.25, -0.2) is 0 Å². The van der Waals surface area contributed by atoms with E-state index in [0.29, 0.717) is 0 Å². The van der Waals surface area contributed by atoms with Crippen molar-refractivity contribution < 1.29 is 0 Å². The third-order valence-corrected chi connectivity index (χ3v) is 2.92. The molecule has 0 bridgehead atoms. The lowest BCUT2D eigenvalue weighted by atomic mass is 10.1. The van der Waals surface area contributed by atoms with Crippen LogP contribution in [-0.2, 0) is 6.42 Å². The molecule has 15 heavy (non-hydrogen) atoms. The monoisotopic (exact) mass is 264 g/mol. The van der Waals surface area contributed by atoms with Gasteiger partial charge in [-0.2, -0.15) is 5.10 Å². The predicted octanol–water partition coefficient (Wildman–Crippen LogP) is 3.40. The number of aromatic nitrogens is 2. The van der Waals surface area contributed by atoms with Gasteiger partial charge in [0.15, 0.2) is 0 Å². The van der Waals surface area contributed by atoms with Crippen LogP contribution < -0.4 is 0 Å². The first-order chi connectivity index (χ1) is 7.42. The summed E-state index contributed by atoms with van der Waals surface area (Å²) in [6.45, 7) is 0. The van der Waals surface area contributed by atoms with Crippen LogP contribution in [0.5, 0.6) is 0 Å². The van der Waals surface area contributed by atoms with E-state index in [0.717, 1.165) is 23.9 Å². The molecule has 0 fully saturated rings. The highest BCUT2D eigenvalue weighted by molar-refractivity contribution is 9.09. The molecule has 0 saturated carbocycles. The van der Waals surface area contributed by atoms with Crippen molar-refractivity contribution in [1.29, 1.82) is 0 Å². The Kier molecular flexibility index (Phi) is 3.56. The number of halogens is 1. The molecule has 0 aliphatic carbocycles. The molecule has 2 rings (SSSR count). The molecule has 2 nitrogen and oxygen atoms in total. The van der Waals surface area contributed by atoms with Crippen LogP contribution in [0.4, 0.5) is 0 Å². The van der Waals surface area contributed by atoms with Gasteiger partial charge in [-0.15, -0.1) is 0 Å². The molecule has 1 N–H and O–H groups in total. The SMILES string of the molecule is BrCCCc1cn[nH]c1-c1ccccc1. The van der Waals surface area contributed by atoms with Crippen molar-refractivity contribution >= 4 is 15.9 Å². The lowest BCUT2D eigenvalue weighted by molar-refractivity contribution is 0.942. The fourth-order valence-electron chi connectivity index (χ4n) is 1.61. The highest BCUT2D eigenvalue weighted by atomic mass is 79.9. The molecule has 0 unspecified atom stereocenters. The quantitative estimate of drug-likeness (QED) is 0.843. The van der Waals surface area contributed by atoms with Crippen LogP contribution in [0.15, 0.2) is 36.5 Å². The molecular formula is C12H13BrN2. The maximum atomic E-state index is 4.11. The minimum atomic E-state index is 1.03. The molecule has 3 heteroatoms. The van der Waals surface area contributed by atoms with E-state index in [1.54, 1.807) is 0 Å². The van der Waals surface area contributed by atoms with Gasteiger partial charge in [-0.05, 0) is 24.0 Å². The highest BCUT2D eigenvalue weighted by Crippen LogP contribution is 2.21. The lowest BCUT2D eigenvalue weighted by Crippen LogP contribution is -1.88. The van der Waals surface area contributed by atoms with Crippen molar-refractivity contribution in [2.24, 2.45) is 0 Å². The number of rotatable bonds is 4. The number of nitrogens with one attached hydrogen (secondary N) is 1. The summed E-state index contributed by atoms with van der Waals surface area (Å²) in [6, 6.07) is 10.3. The summed E-state index contributed by atoms with van der Waals surface area (Å²) in [5, 5.41) is 8.21. The first-order valence-electron chi connectivity index (χ1n) is 5.05. The second kappa shape index (κ2) is 5.12. The Balaban J connectivity index is 2.25. The van der Waals surface area contributed by atoms with E-state index in [-0.39, 0.29) is 0 Å². The molecule has 0 spiro atoms. The van der Waals surface area contributed by atoms with Gasteiger partial charge in [-0.1, -0.05) is 46.3 Å². The third-order valence-electron chi connectivity index (χ3n) is 2.36. The van der Waals surface area contributed by atoms with Crippen LogP contribution in [0.1, 0.15) is 12.0 Å². The Morgan fingerprint density at radius 2 is 2.00 bits per heavy atom. The van der Waals surface area contributed by atoms with Gasteiger partial charge >= 0.3 is 0 Å². The number of aromatic amines is 1. The molecule has 1 heterocycles. The number of alkyl halides is 1. The molecule has 0 atom stereocenters. The number of hydrogen-bond donors (Lipinski definition) is 1. The minimum Gasteiger partial charge on any atom is -0.278 e. The molecular weight excluding hydrogens is 252 g/mol. The Hall–Kier alpha value is -1.09. The zero-order valence-electron chi connectivity index (χ0n) is 8.41. The summed E-state index contributed by atoms with van der Waals surface area (Å²) in [7, 11) is 0. The Morgan fingerprint density at radius 3 is 2.73 bits per heavy atom. The van der Waals surface area contributed by atoms with Crippen LogP contribution in [0.3, 0.4) is 0 Å². The average molecular weight is 265 g/mol. The minimum absolute atomic E-state index is 1.03. The van der Waals surface area contributed by atoms with Gasteiger partial charge in [0.05, 0.1) is 11.9 Å². The van der Waals surface area contributed by atoms with Gasteiger partial charge in [0.25, 0.3) is 0 Å². The van der Waals surface area contributed by atoms with Gasteiger partial charge in [-0.3, -0.25) is 5.10 Å². The third kappa shape index (κ3) is 2.48. The van der Waals surface area contributed by atoms with E-state index in [2.05, 4.69) is 38.3 Å². The summed E-state index contributed by atoms with van der Waals surface area (Å²) in [6.07, 6.45) is 4.12. The van der Waals surface area contributed by atoms with Gasteiger partial charge in [0.2, 0.25) is 0 Å². The normalized spacial score (nSPS) is 10.5. The van der Waals surface area contributed by atoms with E-state index in [4.69, 9.17) is 0 Å². The van der Waals surface area contributed by atoms with Crippen molar-refractivity contribution in [1.82, 2.24) is 10.2 Å². The van der Waals surface area contributed by atoms with Crippen molar-refractivity contribution in [3.63, 3.8) is 0 Å². The summed E-state index contributed by atoms with van der Waals surface area (Å²) < 4.78 is 0. The molecule has 2 aromatic rings. The van der Waals surface area contributed by atoms with Gasteiger partial charge in [0.1, 0.15) is 0 Å². The largest absolute Gasteiger partial charge is 0.278 e. The zero-order chi connectivity index (χ0) is 10.5. The molecule has 78 valence electrons. The first-order valence-corrected chi connectivity index (χ1v) is 6.17. The molecule has 0 aliphatic rings. The van der Waals surface area contributed by atoms with E-state index in [9.17, 15) is 0 Å². The van der Waals surface area contributed by atoms with E-state index >= 15 is 0 Å². The van der Waals surface area contributed by atoms with Crippen LogP contribution in [-0.4, -0.2) is 15.5 Å². The van der Waals surface area contributed by atoms with Crippen molar-refractivity contribution in [2.45, 2.75) is 12.8 Å². The van der Waals surface area contributed by atoms with Crippen LogP contribution in [0, 0.1) is 0 Å². The fourth-order valence-corrected chi connectivity index (χ4v) is 1.89. The van der Waals surface area contributed by atoms with Gasteiger partial charge < -0.3 is 0 Å². The standard InChI is InChI=1S/C12H13BrN2/c13-8-4-7-11-9-14-15-12(11)10-5-2-1-3-6-10/h1-3,5-6,9H,4,7-8H2,(H,14,15). The number of hydrogen-bond acceptors (Lipinski definition) is 1. The van der Waals surface area contributed by atoms with E-state index < -0.39 is 0 Å². The summed E-state index contributed by atoms with van der Waals surface area (Å²) >= 11 is 3.45. The van der Waals surface area contributed by atoms with Crippen LogP contribution >= 0.6 is 15.9 Å². The Labute approximate surface area is 97.8 Å². The van der Waals surface area contributed by atoms with Crippen LogP contribution in [0.2, 0.25) is 0 Å². The maximum Gasteiger partial charge on any atom is 0.0682 e. The molecule has 1 aromatic heterocycles. The maximum absolute atomic E-state index is 4.11. The molecule has 0 amide bonds. The average Bonchev–Trinajstić information content (AvgIpc) is 2.75. The lowest BCUT2D eigenvalue weighted by Gasteiger charge is -2.01. The smallest absolute Gasteiger partial charge is 0.0682 e.